The molecule has 0 radical (unpaired) electrons. The average molecular weight is 243 g/mol. The molecule has 0 heterocycles. The second-order valence-electron chi connectivity index (χ2n) is 3.99. The first-order chi connectivity index (χ1) is 8.29. The van der Waals surface area contributed by atoms with Crippen LogP contribution in [0.25, 0.3) is 21.5 Å². The summed E-state index contributed by atoms with van der Waals surface area (Å²) in [5.74, 6) is 0.899. The van der Waals surface area contributed by atoms with Crippen LogP contribution in [0.3, 0.4) is 0 Å². The van der Waals surface area contributed by atoms with Gasteiger partial charge >= 0.3 is 0 Å². The van der Waals surface area contributed by atoms with E-state index in [1.165, 1.54) is 10.8 Å². The van der Waals surface area contributed by atoms with Crippen LogP contribution in [0, 0.1) is 0 Å². The number of hydrogen-bond acceptors (Lipinski definition) is 1. The Labute approximate surface area is 105 Å². The third kappa shape index (κ3) is 1.63. The maximum absolute atomic E-state index is 6.01. The van der Waals surface area contributed by atoms with Crippen LogP contribution in [0.5, 0.6) is 5.75 Å². The van der Waals surface area contributed by atoms with Gasteiger partial charge in [-0.3, -0.25) is 0 Å². The Bertz CT molecular complexity index is 704. The SMILES string of the molecule is COc1cccc2ccc3cc(Cl)ccc3c12. The summed E-state index contributed by atoms with van der Waals surface area (Å²) in [4.78, 5) is 0. The Balaban J connectivity index is 2.53. The minimum absolute atomic E-state index is 0.756. The molecule has 17 heavy (non-hydrogen) atoms. The molecule has 0 aromatic heterocycles. The van der Waals surface area contributed by atoms with Crippen LogP contribution >= 0.6 is 11.6 Å². The lowest BCUT2D eigenvalue weighted by atomic mass is 10.0. The molecule has 0 aliphatic rings. The Morgan fingerprint density at radius 3 is 2.59 bits per heavy atom. The van der Waals surface area contributed by atoms with Gasteiger partial charge in [-0.25, -0.2) is 0 Å². The van der Waals surface area contributed by atoms with Crippen LogP contribution in [0.1, 0.15) is 0 Å². The third-order valence-electron chi connectivity index (χ3n) is 3.00. The number of hydrogen-bond donors (Lipinski definition) is 0. The number of benzene rings is 3. The number of methoxy groups -OCH3 is 1. The first kappa shape index (κ1) is 10.4. The van der Waals surface area contributed by atoms with E-state index in [0.717, 1.165) is 21.5 Å². The number of ether oxygens (including phenoxy) is 1. The molecular formula is C15H11ClO. The molecule has 0 amide bonds. The van der Waals surface area contributed by atoms with E-state index in [0.29, 0.717) is 0 Å². The molecule has 0 N–H and O–H groups in total. The molecule has 3 aromatic carbocycles. The van der Waals surface area contributed by atoms with Crippen molar-refractivity contribution in [2.24, 2.45) is 0 Å². The highest BCUT2D eigenvalue weighted by Gasteiger charge is 2.05. The molecule has 0 unspecified atom stereocenters. The molecule has 1 nitrogen and oxygen atoms in total. The number of rotatable bonds is 1. The zero-order valence-electron chi connectivity index (χ0n) is 9.41. The minimum Gasteiger partial charge on any atom is -0.496 e. The van der Waals surface area contributed by atoms with Crippen molar-refractivity contribution in [1.82, 2.24) is 0 Å². The van der Waals surface area contributed by atoms with Crippen molar-refractivity contribution >= 4 is 33.1 Å². The monoisotopic (exact) mass is 242 g/mol. The van der Waals surface area contributed by atoms with E-state index >= 15 is 0 Å². The average Bonchev–Trinajstić information content (AvgIpc) is 2.37. The summed E-state index contributed by atoms with van der Waals surface area (Å²) < 4.78 is 5.43. The number of halogens is 1. The summed E-state index contributed by atoms with van der Waals surface area (Å²) >= 11 is 6.01. The highest BCUT2D eigenvalue weighted by atomic mass is 35.5. The van der Waals surface area contributed by atoms with Crippen molar-refractivity contribution in [2.45, 2.75) is 0 Å². The van der Waals surface area contributed by atoms with E-state index in [4.69, 9.17) is 16.3 Å². The minimum atomic E-state index is 0.756. The fraction of sp³-hybridized carbons (Fsp3) is 0.0667. The van der Waals surface area contributed by atoms with E-state index in [9.17, 15) is 0 Å². The lowest BCUT2D eigenvalue weighted by Crippen LogP contribution is -1.86. The van der Waals surface area contributed by atoms with Crippen LogP contribution in [0.15, 0.2) is 48.5 Å². The maximum atomic E-state index is 6.01. The van der Waals surface area contributed by atoms with Crippen LogP contribution in [0.4, 0.5) is 0 Å². The number of fused-ring (bicyclic) bond motifs is 3. The molecule has 3 aromatic rings. The van der Waals surface area contributed by atoms with E-state index < -0.39 is 0 Å². The topological polar surface area (TPSA) is 9.23 Å². The molecule has 0 aliphatic carbocycles. The summed E-state index contributed by atoms with van der Waals surface area (Å²) in [6.45, 7) is 0. The standard InChI is InChI=1S/C15H11ClO/c1-17-14-4-2-3-10-5-6-11-9-12(16)7-8-13(11)15(10)14/h2-9H,1H3. The van der Waals surface area contributed by atoms with E-state index in [1.807, 2.05) is 30.3 Å². The Hall–Kier alpha value is -1.73. The molecule has 0 saturated carbocycles. The van der Waals surface area contributed by atoms with Gasteiger partial charge in [0.05, 0.1) is 7.11 Å². The van der Waals surface area contributed by atoms with Crippen molar-refractivity contribution in [3.8, 4) is 5.75 Å². The van der Waals surface area contributed by atoms with Crippen molar-refractivity contribution < 1.29 is 4.74 Å². The zero-order chi connectivity index (χ0) is 11.8. The quantitative estimate of drug-likeness (QED) is 0.564. The van der Waals surface area contributed by atoms with E-state index in [-0.39, 0.29) is 0 Å². The third-order valence-corrected chi connectivity index (χ3v) is 3.24. The van der Waals surface area contributed by atoms with Crippen molar-refractivity contribution in [2.75, 3.05) is 7.11 Å². The van der Waals surface area contributed by atoms with Gasteiger partial charge in [-0.15, -0.1) is 0 Å². The smallest absolute Gasteiger partial charge is 0.127 e. The maximum Gasteiger partial charge on any atom is 0.127 e. The Kier molecular flexibility index (Phi) is 2.41. The van der Waals surface area contributed by atoms with Crippen LogP contribution in [-0.4, -0.2) is 7.11 Å². The van der Waals surface area contributed by atoms with Gasteiger partial charge < -0.3 is 4.74 Å². The first-order valence-corrected chi connectivity index (χ1v) is 5.82. The summed E-state index contributed by atoms with van der Waals surface area (Å²) in [5.41, 5.74) is 0. The molecule has 2 heteroatoms. The highest BCUT2D eigenvalue weighted by Crippen LogP contribution is 2.33. The normalized spacial score (nSPS) is 10.9. The Morgan fingerprint density at radius 1 is 0.941 bits per heavy atom. The van der Waals surface area contributed by atoms with Gasteiger partial charge in [-0.2, -0.15) is 0 Å². The summed E-state index contributed by atoms with van der Waals surface area (Å²) in [7, 11) is 1.70. The molecular weight excluding hydrogens is 232 g/mol. The predicted octanol–water partition coefficient (Wildman–Crippen LogP) is 4.66. The van der Waals surface area contributed by atoms with Gasteiger partial charge in [-0.1, -0.05) is 41.9 Å². The van der Waals surface area contributed by atoms with Crippen molar-refractivity contribution in [3.05, 3.63) is 53.6 Å². The van der Waals surface area contributed by atoms with Gasteiger partial charge in [0, 0.05) is 10.4 Å². The van der Waals surface area contributed by atoms with Gasteiger partial charge in [0.1, 0.15) is 5.75 Å². The van der Waals surface area contributed by atoms with E-state index in [1.54, 1.807) is 7.11 Å². The first-order valence-electron chi connectivity index (χ1n) is 5.44. The van der Waals surface area contributed by atoms with Gasteiger partial charge in [0.25, 0.3) is 0 Å². The molecule has 0 spiro atoms. The molecule has 0 fully saturated rings. The second kappa shape index (κ2) is 3.94. The lowest BCUT2D eigenvalue weighted by Gasteiger charge is -2.08. The van der Waals surface area contributed by atoms with Crippen LogP contribution < -0.4 is 4.74 Å². The molecule has 0 atom stereocenters. The van der Waals surface area contributed by atoms with Gasteiger partial charge in [0.15, 0.2) is 0 Å². The second-order valence-corrected chi connectivity index (χ2v) is 4.43. The molecule has 84 valence electrons. The summed E-state index contributed by atoms with van der Waals surface area (Å²) in [6, 6.07) is 16.2. The van der Waals surface area contributed by atoms with Crippen molar-refractivity contribution in [3.63, 3.8) is 0 Å². The molecule has 3 rings (SSSR count). The zero-order valence-corrected chi connectivity index (χ0v) is 10.2. The van der Waals surface area contributed by atoms with Gasteiger partial charge in [-0.05, 0) is 34.4 Å². The van der Waals surface area contributed by atoms with E-state index in [2.05, 4.69) is 18.2 Å². The van der Waals surface area contributed by atoms with Crippen LogP contribution in [0.2, 0.25) is 5.02 Å². The fourth-order valence-corrected chi connectivity index (χ4v) is 2.40. The Morgan fingerprint density at radius 2 is 1.76 bits per heavy atom. The molecule has 0 saturated heterocycles. The highest BCUT2D eigenvalue weighted by molar-refractivity contribution is 6.31. The largest absolute Gasteiger partial charge is 0.496 e. The van der Waals surface area contributed by atoms with Gasteiger partial charge in [0.2, 0.25) is 0 Å². The molecule has 0 aliphatic heterocycles. The molecule has 0 bridgehead atoms. The van der Waals surface area contributed by atoms with Crippen LogP contribution in [-0.2, 0) is 0 Å². The van der Waals surface area contributed by atoms with Crippen molar-refractivity contribution in [1.29, 1.82) is 0 Å². The predicted molar refractivity (Wildman–Crippen MR) is 73.0 cm³/mol. The fourth-order valence-electron chi connectivity index (χ4n) is 2.22. The summed E-state index contributed by atoms with van der Waals surface area (Å²) in [6.07, 6.45) is 0. The summed E-state index contributed by atoms with van der Waals surface area (Å²) in [5, 5.41) is 5.38. The lowest BCUT2D eigenvalue weighted by molar-refractivity contribution is 0.420.